The SMILES string of the molecule is CC(=O)CC/C=C(\C)CC[C@@H]1C[C@@]1(C)CO. The van der Waals surface area contributed by atoms with E-state index < -0.39 is 0 Å². The van der Waals surface area contributed by atoms with Gasteiger partial charge in [-0.25, -0.2) is 0 Å². The first-order chi connectivity index (χ1) is 7.48. The Kier molecular flexibility index (Phi) is 4.72. The van der Waals surface area contributed by atoms with Crippen molar-refractivity contribution in [3.8, 4) is 0 Å². The van der Waals surface area contributed by atoms with E-state index in [0.29, 0.717) is 18.9 Å². The van der Waals surface area contributed by atoms with Gasteiger partial charge in [0.05, 0.1) is 0 Å². The number of aliphatic hydroxyl groups excluding tert-OH is 1. The third-order valence-corrected chi connectivity index (χ3v) is 3.78. The number of allylic oxidation sites excluding steroid dienone is 2. The number of carbonyl (C=O) groups excluding carboxylic acids is 1. The zero-order valence-electron chi connectivity index (χ0n) is 10.8. The monoisotopic (exact) mass is 224 g/mol. The van der Waals surface area contributed by atoms with Crippen molar-refractivity contribution in [3.05, 3.63) is 11.6 Å². The minimum atomic E-state index is 0.208. The topological polar surface area (TPSA) is 37.3 Å². The molecule has 0 aromatic carbocycles. The zero-order chi connectivity index (χ0) is 12.2. The van der Waals surface area contributed by atoms with Crippen molar-refractivity contribution >= 4 is 5.78 Å². The van der Waals surface area contributed by atoms with E-state index in [9.17, 15) is 4.79 Å². The van der Waals surface area contributed by atoms with Gasteiger partial charge in [-0.15, -0.1) is 0 Å². The molecule has 0 unspecified atom stereocenters. The molecule has 0 spiro atoms. The van der Waals surface area contributed by atoms with E-state index in [1.165, 1.54) is 18.4 Å². The van der Waals surface area contributed by atoms with Crippen LogP contribution in [0, 0.1) is 11.3 Å². The Bertz CT molecular complexity index is 280. The summed E-state index contributed by atoms with van der Waals surface area (Å²) in [6, 6.07) is 0. The first-order valence-corrected chi connectivity index (χ1v) is 6.24. The van der Waals surface area contributed by atoms with Gasteiger partial charge in [-0.1, -0.05) is 18.6 Å². The molecule has 0 bridgehead atoms. The Morgan fingerprint density at radius 2 is 2.12 bits per heavy atom. The fraction of sp³-hybridized carbons (Fsp3) is 0.786. The van der Waals surface area contributed by atoms with Gasteiger partial charge in [0.25, 0.3) is 0 Å². The molecule has 1 N–H and O–H groups in total. The van der Waals surface area contributed by atoms with Crippen molar-refractivity contribution in [1.29, 1.82) is 0 Å². The highest BCUT2D eigenvalue weighted by molar-refractivity contribution is 5.75. The Morgan fingerprint density at radius 3 is 2.62 bits per heavy atom. The highest BCUT2D eigenvalue weighted by Gasteiger charge is 2.48. The standard InChI is InChI=1S/C14H24O2/c1-11(5-4-6-12(2)16)7-8-13-9-14(13,3)10-15/h5,13,15H,4,6-10H2,1-3H3/b11-5+/t13-,14+/m1/s1. The third kappa shape index (κ3) is 4.09. The van der Waals surface area contributed by atoms with Gasteiger partial charge in [0.2, 0.25) is 0 Å². The molecule has 2 atom stereocenters. The molecule has 0 amide bonds. The van der Waals surface area contributed by atoms with Crippen molar-refractivity contribution in [3.63, 3.8) is 0 Å². The number of Topliss-reactive ketones (excluding diaryl/α,β-unsaturated/α-hetero) is 1. The maximum absolute atomic E-state index is 10.8. The zero-order valence-corrected chi connectivity index (χ0v) is 10.8. The Labute approximate surface area is 98.7 Å². The first kappa shape index (κ1) is 13.4. The van der Waals surface area contributed by atoms with Crippen LogP contribution in [-0.4, -0.2) is 17.5 Å². The fourth-order valence-electron chi connectivity index (χ4n) is 2.17. The van der Waals surface area contributed by atoms with Crippen LogP contribution in [0.3, 0.4) is 0 Å². The minimum absolute atomic E-state index is 0.208. The summed E-state index contributed by atoms with van der Waals surface area (Å²) >= 11 is 0. The number of hydrogen-bond acceptors (Lipinski definition) is 2. The summed E-state index contributed by atoms with van der Waals surface area (Å²) < 4.78 is 0. The van der Waals surface area contributed by atoms with Crippen molar-refractivity contribution in [2.75, 3.05) is 6.61 Å². The molecule has 2 heteroatoms. The summed E-state index contributed by atoms with van der Waals surface area (Å²) in [6.45, 7) is 6.26. The van der Waals surface area contributed by atoms with Gasteiger partial charge in [0, 0.05) is 13.0 Å². The van der Waals surface area contributed by atoms with Crippen LogP contribution in [-0.2, 0) is 4.79 Å². The molecule has 1 aliphatic rings. The minimum Gasteiger partial charge on any atom is -0.396 e. The first-order valence-electron chi connectivity index (χ1n) is 6.24. The maximum atomic E-state index is 10.8. The quantitative estimate of drug-likeness (QED) is 0.675. The summed E-state index contributed by atoms with van der Waals surface area (Å²) in [5.74, 6) is 0.966. The van der Waals surface area contributed by atoms with Gasteiger partial charge >= 0.3 is 0 Å². The second-order valence-electron chi connectivity index (χ2n) is 5.54. The van der Waals surface area contributed by atoms with E-state index in [0.717, 1.165) is 12.8 Å². The van der Waals surface area contributed by atoms with Crippen molar-refractivity contribution < 1.29 is 9.90 Å². The molecule has 0 aliphatic heterocycles. The molecule has 1 saturated carbocycles. The number of hydrogen-bond donors (Lipinski definition) is 1. The summed E-state index contributed by atoms with van der Waals surface area (Å²) in [4.78, 5) is 10.8. The van der Waals surface area contributed by atoms with E-state index in [1.54, 1.807) is 6.92 Å². The van der Waals surface area contributed by atoms with Gasteiger partial charge in [0.1, 0.15) is 5.78 Å². The van der Waals surface area contributed by atoms with Crippen LogP contribution >= 0.6 is 0 Å². The lowest BCUT2D eigenvalue weighted by Crippen LogP contribution is -2.03. The van der Waals surface area contributed by atoms with Crippen LogP contribution in [0.15, 0.2) is 11.6 Å². The predicted molar refractivity (Wildman–Crippen MR) is 66.2 cm³/mol. The lowest BCUT2D eigenvalue weighted by molar-refractivity contribution is -0.116. The summed E-state index contributed by atoms with van der Waals surface area (Å²) in [5.41, 5.74) is 1.59. The average molecular weight is 224 g/mol. The van der Waals surface area contributed by atoms with Gasteiger partial charge in [0.15, 0.2) is 0 Å². The summed E-state index contributed by atoms with van der Waals surface area (Å²) in [7, 11) is 0. The molecule has 0 saturated heterocycles. The number of ketones is 1. The highest BCUT2D eigenvalue weighted by atomic mass is 16.3. The Morgan fingerprint density at radius 1 is 1.44 bits per heavy atom. The van der Waals surface area contributed by atoms with Crippen LogP contribution in [0.2, 0.25) is 0 Å². The molecule has 16 heavy (non-hydrogen) atoms. The highest BCUT2D eigenvalue weighted by Crippen LogP contribution is 2.54. The van der Waals surface area contributed by atoms with Gasteiger partial charge in [-0.05, 0) is 50.9 Å². The molecule has 0 aromatic rings. The van der Waals surface area contributed by atoms with Crippen molar-refractivity contribution in [2.45, 2.75) is 52.9 Å². The number of rotatable bonds is 7. The molecule has 0 aromatic heterocycles. The number of aliphatic hydroxyl groups is 1. The van der Waals surface area contributed by atoms with E-state index in [-0.39, 0.29) is 11.2 Å². The molecular weight excluding hydrogens is 200 g/mol. The molecule has 0 radical (unpaired) electrons. The maximum Gasteiger partial charge on any atom is 0.130 e. The second kappa shape index (κ2) is 5.62. The van der Waals surface area contributed by atoms with Gasteiger partial charge in [-0.3, -0.25) is 0 Å². The molecule has 1 aliphatic carbocycles. The van der Waals surface area contributed by atoms with E-state index in [4.69, 9.17) is 5.11 Å². The van der Waals surface area contributed by atoms with Crippen molar-refractivity contribution in [2.24, 2.45) is 11.3 Å². The molecule has 1 rings (SSSR count). The molecule has 2 nitrogen and oxygen atoms in total. The lowest BCUT2D eigenvalue weighted by Gasteiger charge is -2.06. The van der Waals surface area contributed by atoms with Crippen LogP contribution in [0.25, 0.3) is 0 Å². The fourth-order valence-corrected chi connectivity index (χ4v) is 2.17. The largest absolute Gasteiger partial charge is 0.396 e. The molecular formula is C14H24O2. The predicted octanol–water partition coefficient (Wildman–Crippen LogP) is 3.10. The van der Waals surface area contributed by atoms with Gasteiger partial charge in [-0.2, -0.15) is 0 Å². The second-order valence-corrected chi connectivity index (χ2v) is 5.54. The molecule has 0 heterocycles. The molecule has 92 valence electrons. The van der Waals surface area contributed by atoms with Crippen LogP contribution in [0.4, 0.5) is 0 Å². The summed E-state index contributed by atoms with van der Waals surface area (Å²) in [6.07, 6.45) is 7.18. The third-order valence-electron chi connectivity index (χ3n) is 3.78. The normalized spacial score (nSPS) is 29.2. The van der Waals surface area contributed by atoms with Gasteiger partial charge < -0.3 is 9.90 Å². The van der Waals surface area contributed by atoms with E-state index >= 15 is 0 Å². The van der Waals surface area contributed by atoms with E-state index in [1.807, 2.05) is 0 Å². The number of carbonyl (C=O) groups is 1. The summed E-state index contributed by atoms with van der Waals surface area (Å²) in [5, 5.41) is 9.15. The Balaban J connectivity index is 2.16. The van der Waals surface area contributed by atoms with Crippen LogP contribution in [0.5, 0.6) is 0 Å². The molecule has 1 fully saturated rings. The average Bonchev–Trinajstić information content (AvgIpc) is 2.87. The van der Waals surface area contributed by atoms with E-state index in [2.05, 4.69) is 19.9 Å². The van der Waals surface area contributed by atoms with Crippen LogP contribution in [0.1, 0.15) is 52.9 Å². The van der Waals surface area contributed by atoms with Crippen LogP contribution < -0.4 is 0 Å². The lowest BCUT2D eigenvalue weighted by atomic mass is 10.0. The Hall–Kier alpha value is -0.630. The van der Waals surface area contributed by atoms with Crippen molar-refractivity contribution in [1.82, 2.24) is 0 Å². The smallest absolute Gasteiger partial charge is 0.130 e.